The summed E-state index contributed by atoms with van der Waals surface area (Å²) in [5.41, 5.74) is -0.532. The molecule has 95 valence electrons. The highest BCUT2D eigenvalue weighted by Gasteiger charge is 2.10. The van der Waals surface area contributed by atoms with E-state index >= 15 is 0 Å². The molecule has 1 aromatic carbocycles. The standard InChI is InChI=1S/C12H8FN4O2/c13-8-4-2-1-3-7(8)5-17-6-14-9-10(17)15-12(19)16-11(9)18/h1-4H,5H2,(H2,15,16,18,19). The monoisotopic (exact) mass is 259 g/mol. The van der Waals surface area contributed by atoms with Crippen molar-refractivity contribution in [3.63, 3.8) is 0 Å². The van der Waals surface area contributed by atoms with Gasteiger partial charge in [0.1, 0.15) is 11.5 Å². The van der Waals surface area contributed by atoms with Gasteiger partial charge in [-0.1, -0.05) is 18.2 Å². The molecule has 19 heavy (non-hydrogen) atoms. The molecule has 7 heteroatoms. The normalized spacial score (nSPS) is 11.0. The molecule has 3 aromatic rings. The topological polar surface area (TPSA) is 83.5 Å². The van der Waals surface area contributed by atoms with Crippen molar-refractivity contribution in [2.24, 2.45) is 0 Å². The van der Waals surface area contributed by atoms with Gasteiger partial charge >= 0.3 is 5.69 Å². The number of hydrogen-bond acceptors (Lipinski definition) is 3. The highest BCUT2D eigenvalue weighted by molar-refractivity contribution is 5.68. The lowest BCUT2D eigenvalue weighted by Crippen LogP contribution is -2.22. The Bertz CT molecular complexity index is 862. The summed E-state index contributed by atoms with van der Waals surface area (Å²) in [7, 11) is 0. The van der Waals surface area contributed by atoms with Crippen LogP contribution in [0.1, 0.15) is 5.56 Å². The smallest absolute Gasteiger partial charge is 0.303 e. The van der Waals surface area contributed by atoms with E-state index in [-0.39, 0.29) is 23.5 Å². The summed E-state index contributed by atoms with van der Waals surface area (Å²) in [5, 5.41) is 0. The van der Waals surface area contributed by atoms with Gasteiger partial charge in [0.25, 0.3) is 5.56 Å². The second-order valence-electron chi connectivity index (χ2n) is 3.99. The Balaban J connectivity index is 2.15. The van der Waals surface area contributed by atoms with E-state index in [2.05, 4.69) is 21.3 Å². The Morgan fingerprint density at radius 1 is 1.26 bits per heavy atom. The Morgan fingerprint density at radius 2 is 2.05 bits per heavy atom. The van der Waals surface area contributed by atoms with Crippen LogP contribution in [-0.4, -0.2) is 19.5 Å². The quantitative estimate of drug-likeness (QED) is 0.698. The van der Waals surface area contributed by atoms with Gasteiger partial charge in [-0.3, -0.25) is 14.8 Å². The molecule has 3 rings (SSSR count). The number of imidazole rings is 1. The molecule has 0 aliphatic heterocycles. The predicted octanol–water partition coefficient (Wildman–Crippen LogP) is 0.400. The highest BCUT2D eigenvalue weighted by Crippen LogP contribution is 2.11. The summed E-state index contributed by atoms with van der Waals surface area (Å²) < 4.78 is 14.9. The number of aromatic amines is 2. The van der Waals surface area contributed by atoms with Crippen molar-refractivity contribution in [1.82, 2.24) is 19.5 Å². The van der Waals surface area contributed by atoms with Gasteiger partial charge in [-0.15, -0.1) is 0 Å². The Labute approximate surface area is 105 Å². The molecule has 2 N–H and O–H groups in total. The molecule has 0 saturated carbocycles. The van der Waals surface area contributed by atoms with Gasteiger partial charge in [0, 0.05) is 5.56 Å². The Kier molecular flexibility index (Phi) is 2.52. The SMILES string of the molecule is O=c1[nH]c(=O)c2n[c]n(Cc3ccccc3F)c2[nH]1. The molecule has 0 aliphatic rings. The summed E-state index contributed by atoms with van der Waals surface area (Å²) in [4.78, 5) is 31.0. The number of hydrogen-bond donors (Lipinski definition) is 2. The Hall–Kier alpha value is -2.70. The van der Waals surface area contributed by atoms with Crippen molar-refractivity contribution in [3.8, 4) is 0 Å². The lowest BCUT2D eigenvalue weighted by Gasteiger charge is -2.04. The van der Waals surface area contributed by atoms with Gasteiger partial charge < -0.3 is 4.57 Å². The summed E-state index contributed by atoms with van der Waals surface area (Å²) in [6, 6.07) is 6.23. The first kappa shape index (κ1) is 11.4. The number of H-pyrrole nitrogens is 2. The number of fused-ring (bicyclic) bond motifs is 1. The van der Waals surface area contributed by atoms with Crippen molar-refractivity contribution in [1.29, 1.82) is 0 Å². The van der Waals surface area contributed by atoms with Crippen LogP contribution in [0.25, 0.3) is 11.2 Å². The lowest BCUT2D eigenvalue weighted by atomic mass is 10.2. The number of aromatic nitrogens is 4. The van der Waals surface area contributed by atoms with E-state index in [4.69, 9.17) is 0 Å². The molecular weight excluding hydrogens is 251 g/mol. The van der Waals surface area contributed by atoms with E-state index in [9.17, 15) is 14.0 Å². The van der Waals surface area contributed by atoms with Crippen LogP contribution in [0, 0.1) is 12.1 Å². The minimum absolute atomic E-state index is 0.0657. The van der Waals surface area contributed by atoms with Crippen LogP contribution in [0.5, 0.6) is 0 Å². The summed E-state index contributed by atoms with van der Waals surface area (Å²) in [6.45, 7) is 0.128. The van der Waals surface area contributed by atoms with Crippen LogP contribution in [0.3, 0.4) is 0 Å². The van der Waals surface area contributed by atoms with Crippen molar-refractivity contribution < 1.29 is 4.39 Å². The van der Waals surface area contributed by atoms with E-state index in [0.29, 0.717) is 5.56 Å². The predicted molar refractivity (Wildman–Crippen MR) is 65.3 cm³/mol. The average Bonchev–Trinajstić information content (AvgIpc) is 2.76. The van der Waals surface area contributed by atoms with Crippen LogP contribution in [0.4, 0.5) is 4.39 Å². The number of rotatable bonds is 2. The maximum Gasteiger partial charge on any atom is 0.327 e. The van der Waals surface area contributed by atoms with Gasteiger partial charge in [0.05, 0.1) is 6.54 Å². The molecule has 1 radical (unpaired) electrons. The lowest BCUT2D eigenvalue weighted by molar-refractivity contribution is 0.600. The van der Waals surface area contributed by atoms with Crippen LogP contribution >= 0.6 is 0 Å². The number of nitrogens with zero attached hydrogens (tertiary/aromatic N) is 2. The van der Waals surface area contributed by atoms with Crippen molar-refractivity contribution in [2.75, 3.05) is 0 Å². The molecular formula is C12H8FN4O2. The summed E-state index contributed by atoms with van der Waals surface area (Å²) >= 11 is 0. The van der Waals surface area contributed by atoms with Crippen molar-refractivity contribution in [2.45, 2.75) is 6.54 Å². The second-order valence-corrected chi connectivity index (χ2v) is 3.99. The summed E-state index contributed by atoms with van der Waals surface area (Å²) in [5.74, 6) is -0.370. The van der Waals surface area contributed by atoms with E-state index in [1.807, 2.05) is 0 Å². The van der Waals surface area contributed by atoms with Crippen molar-refractivity contribution >= 4 is 11.2 Å². The molecule has 2 heterocycles. The molecule has 0 saturated heterocycles. The third kappa shape index (κ3) is 1.95. The molecule has 0 spiro atoms. The van der Waals surface area contributed by atoms with E-state index in [1.54, 1.807) is 18.2 Å². The van der Waals surface area contributed by atoms with Gasteiger partial charge in [-0.05, 0) is 6.07 Å². The first-order valence-corrected chi connectivity index (χ1v) is 5.49. The van der Waals surface area contributed by atoms with E-state index in [1.165, 1.54) is 10.6 Å². The third-order valence-electron chi connectivity index (χ3n) is 2.74. The Morgan fingerprint density at radius 3 is 2.84 bits per heavy atom. The zero-order chi connectivity index (χ0) is 13.4. The molecule has 0 bridgehead atoms. The van der Waals surface area contributed by atoms with Crippen LogP contribution in [0.2, 0.25) is 0 Å². The number of benzene rings is 1. The molecule has 0 atom stereocenters. The zero-order valence-corrected chi connectivity index (χ0v) is 9.61. The van der Waals surface area contributed by atoms with Gasteiger partial charge in [0.15, 0.2) is 11.8 Å². The highest BCUT2D eigenvalue weighted by atomic mass is 19.1. The first-order chi connectivity index (χ1) is 9.15. The van der Waals surface area contributed by atoms with Crippen LogP contribution < -0.4 is 11.2 Å². The third-order valence-corrected chi connectivity index (χ3v) is 2.74. The number of nitrogens with one attached hydrogen (secondary N) is 2. The molecule has 2 aromatic heterocycles. The zero-order valence-electron chi connectivity index (χ0n) is 9.61. The van der Waals surface area contributed by atoms with Gasteiger partial charge in [-0.2, -0.15) is 0 Å². The molecule has 0 fully saturated rings. The van der Waals surface area contributed by atoms with E-state index < -0.39 is 11.2 Å². The average molecular weight is 259 g/mol. The first-order valence-electron chi connectivity index (χ1n) is 5.49. The van der Waals surface area contributed by atoms with Crippen molar-refractivity contribution in [3.05, 3.63) is 62.8 Å². The maximum atomic E-state index is 13.6. The van der Waals surface area contributed by atoms with Crippen LogP contribution in [0.15, 0.2) is 33.9 Å². The minimum atomic E-state index is -0.638. The fourth-order valence-corrected chi connectivity index (χ4v) is 1.84. The number of halogens is 1. The maximum absolute atomic E-state index is 13.6. The van der Waals surface area contributed by atoms with Gasteiger partial charge in [0.2, 0.25) is 0 Å². The van der Waals surface area contributed by atoms with Crippen LogP contribution in [-0.2, 0) is 6.54 Å². The molecule has 6 nitrogen and oxygen atoms in total. The molecule has 0 amide bonds. The molecule has 0 aliphatic carbocycles. The largest absolute Gasteiger partial charge is 0.327 e. The molecule has 0 unspecified atom stereocenters. The van der Waals surface area contributed by atoms with E-state index in [0.717, 1.165) is 0 Å². The fraction of sp³-hybridized carbons (Fsp3) is 0.0833. The minimum Gasteiger partial charge on any atom is -0.303 e. The summed E-state index contributed by atoms with van der Waals surface area (Å²) in [6.07, 6.45) is 2.57. The fourth-order valence-electron chi connectivity index (χ4n) is 1.84. The second kappa shape index (κ2) is 4.20. The van der Waals surface area contributed by atoms with Gasteiger partial charge in [-0.25, -0.2) is 14.2 Å².